The number of nitrogens with zero attached hydrogens (tertiary/aromatic N) is 1. The van der Waals surface area contributed by atoms with Crippen LogP contribution < -0.4 is 15.4 Å². The summed E-state index contributed by atoms with van der Waals surface area (Å²) < 4.78 is 5.51. The molecule has 0 radical (unpaired) electrons. The van der Waals surface area contributed by atoms with E-state index in [9.17, 15) is 14.4 Å². The van der Waals surface area contributed by atoms with Crippen LogP contribution in [0, 0.1) is 0 Å². The molecule has 3 rings (SSSR count). The maximum absolute atomic E-state index is 13.0. The average Bonchev–Trinajstić information content (AvgIpc) is 2.96. The summed E-state index contributed by atoms with van der Waals surface area (Å²) in [5.41, 5.74) is 0.612. The van der Waals surface area contributed by atoms with Crippen molar-refractivity contribution in [2.45, 2.75) is 32.2 Å². The Kier molecular flexibility index (Phi) is 6.85. The van der Waals surface area contributed by atoms with Crippen molar-refractivity contribution in [3.8, 4) is 5.75 Å². The van der Waals surface area contributed by atoms with Crippen molar-refractivity contribution in [3.05, 3.63) is 64.7 Å². The second-order valence-electron chi connectivity index (χ2n) is 7.88. The van der Waals surface area contributed by atoms with Crippen molar-refractivity contribution in [2.75, 3.05) is 19.7 Å². The van der Waals surface area contributed by atoms with Crippen LogP contribution >= 0.6 is 11.6 Å². The van der Waals surface area contributed by atoms with Crippen LogP contribution in [0.25, 0.3) is 0 Å². The Balaban J connectivity index is 1.54. The van der Waals surface area contributed by atoms with E-state index in [4.69, 9.17) is 16.3 Å². The highest BCUT2D eigenvalue weighted by Crippen LogP contribution is 2.29. The fraction of sp³-hybridized carbons (Fsp3) is 0.348. The predicted octanol–water partition coefficient (Wildman–Crippen LogP) is 3.43. The Hall–Kier alpha value is -3.06. The van der Waals surface area contributed by atoms with Gasteiger partial charge < -0.3 is 15.4 Å². The number of benzene rings is 2. The molecule has 0 aliphatic carbocycles. The number of hydrogen-bond acceptors (Lipinski definition) is 4. The first kappa shape index (κ1) is 22.6. The van der Waals surface area contributed by atoms with Gasteiger partial charge in [0.1, 0.15) is 24.4 Å². The number of halogens is 1. The van der Waals surface area contributed by atoms with E-state index in [2.05, 4.69) is 24.5 Å². The Morgan fingerprint density at radius 3 is 2.39 bits per heavy atom. The summed E-state index contributed by atoms with van der Waals surface area (Å²) in [7, 11) is 0. The maximum atomic E-state index is 13.0. The van der Waals surface area contributed by atoms with E-state index in [1.165, 1.54) is 0 Å². The van der Waals surface area contributed by atoms with Gasteiger partial charge in [0.2, 0.25) is 5.91 Å². The van der Waals surface area contributed by atoms with Crippen molar-refractivity contribution in [2.24, 2.45) is 0 Å². The van der Waals surface area contributed by atoms with Crippen LogP contribution in [0.5, 0.6) is 5.75 Å². The van der Waals surface area contributed by atoms with Crippen LogP contribution in [0.2, 0.25) is 5.02 Å². The first-order valence-corrected chi connectivity index (χ1v) is 10.5. The molecule has 1 heterocycles. The molecule has 1 aliphatic heterocycles. The second kappa shape index (κ2) is 9.39. The van der Waals surface area contributed by atoms with Gasteiger partial charge in [-0.15, -0.1) is 0 Å². The molecule has 0 spiro atoms. The van der Waals surface area contributed by atoms with Crippen molar-refractivity contribution < 1.29 is 19.1 Å². The van der Waals surface area contributed by atoms with Crippen LogP contribution in [0.1, 0.15) is 37.8 Å². The van der Waals surface area contributed by atoms with Crippen molar-refractivity contribution in [1.29, 1.82) is 0 Å². The quantitative estimate of drug-likeness (QED) is 0.483. The Bertz CT molecular complexity index is 960. The molecule has 2 N–H and O–H groups in total. The van der Waals surface area contributed by atoms with Crippen LogP contribution in [-0.2, 0) is 15.1 Å². The lowest BCUT2D eigenvalue weighted by Gasteiger charge is -2.22. The number of rotatable bonds is 8. The predicted molar refractivity (Wildman–Crippen MR) is 118 cm³/mol. The van der Waals surface area contributed by atoms with Crippen LogP contribution in [0.4, 0.5) is 4.79 Å². The molecule has 7 nitrogen and oxygen atoms in total. The van der Waals surface area contributed by atoms with Gasteiger partial charge >= 0.3 is 6.03 Å². The minimum Gasteiger partial charge on any atom is -0.492 e. The molecule has 1 aliphatic rings. The SMILES string of the molecule is CC(C)c1ccc(C2(C)NC(=O)N(CC(=O)NCCOc3ccc(Cl)cc3)C2=O)cc1. The van der Waals surface area contributed by atoms with Gasteiger partial charge in [-0.2, -0.15) is 0 Å². The van der Waals surface area contributed by atoms with Gasteiger partial charge in [-0.3, -0.25) is 14.5 Å². The second-order valence-corrected chi connectivity index (χ2v) is 8.31. The van der Waals surface area contributed by atoms with Gasteiger partial charge in [0.05, 0.1) is 6.54 Å². The number of nitrogens with one attached hydrogen (secondary N) is 2. The van der Waals surface area contributed by atoms with E-state index in [-0.39, 0.29) is 19.7 Å². The van der Waals surface area contributed by atoms with Gasteiger partial charge in [-0.1, -0.05) is 49.7 Å². The fourth-order valence-corrected chi connectivity index (χ4v) is 3.45. The minimum absolute atomic E-state index is 0.235. The number of carbonyl (C=O) groups is 3. The lowest BCUT2D eigenvalue weighted by molar-refractivity contribution is -0.134. The normalized spacial score (nSPS) is 18.3. The van der Waals surface area contributed by atoms with Gasteiger partial charge in [-0.25, -0.2) is 4.79 Å². The van der Waals surface area contributed by atoms with Crippen molar-refractivity contribution >= 4 is 29.4 Å². The maximum Gasteiger partial charge on any atom is 0.325 e. The average molecular weight is 444 g/mol. The molecule has 4 amide bonds. The standard InChI is InChI=1S/C23H26ClN3O4/c1-15(2)16-4-6-17(7-5-16)23(3)21(29)27(22(30)26-23)14-20(28)25-12-13-31-19-10-8-18(24)9-11-19/h4-11,15H,12-14H2,1-3H3,(H,25,28)(H,26,30). The third-order valence-electron chi connectivity index (χ3n) is 5.24. The molecule has 0 aromatic heterocycles. The summed E-state index contributed by atoms with van der Waals surface area (Å²) in [5, 5.41) is 5.98. The molecule has 0 bridgehead atoms. The summed E-state index contributed by atoms with van der Waals surface area (Å²) in [6.45, 7) is 5.94. The molecule has 8 heteroatoms. The van der Waals surface area contributed by atoms with Crippen LogP contribution in [-0.4, -0.2) is 42.4 Å². The summed E-state index contributed by atoms with van der Waals surface area (Å²) in [6.07, 6.45) is 0. The fourth-order valence-electron chi connectivity index (χ4n) is 3.33. The van der Waals surface area contributed by atoms with E-state index in [0.29, 0.717) is 22.3 Å². The molecule has 164 valence electrons. The molecule has 2 aromatic rings. The first-order chi connectivity index (χ1) is 14.7. The van der Waals surface area contributed by atoms with E-state index in [0.717, 1.165) is 10.5 Å². The first-order valence-electron chi connectivity index (χ1n) is 10.1. The van der Waals surface area contributed by atoms with Gasteiger partial charge in [0.25, 0.3) is 5.91 Å². The number of imide groups is 1. The van der Waals surface area contributed by atoms with E-state index in [1.54, 1.807) is 31.2 Å². The summed E-state index contributed by atoms with van der Waals surface area (Å²) in [4.78, 5) is 38.6. The Morgan fingerprint density at radius 1 is 1.13 bits per heavy atom. The smallest absolute Gasteiger partial charge is 0.325 e. The minimum atomic E-state index is -1.20. The number of carbonyl (C=O) groups excluding carboxylic acids is 3. The molecule has 1 atom stereocenters. The highest BCUT2D eigenvalue weighted by molar-refractivity contribution is 6.30. The molecular formula is C23H26ClN3O4. The zero-order valence-electron chi connectivity index (χ0n) is 17.8. The van der Waals surface area contributed by atoms with Crippen molar-refractivity contribution in [3.63, 3.8) is 0 Å². The number of amides is 4. The third-order valence-corrected chi connectivity index (χ3v) is 5.49. The molecule has 31 heavy (non-hydrogen) atoms. The lowest BCUT2D eigenvalue weighted by atomic mass is 9.90. The molecular weight excluding hydrogens is 418 g/mol. The molecule has 1 saturated heterocycles. The van der Waals surface area contributed by atoms with Crippen LogP contribution in [0.3, 0.4) is 0 Å². The zero-order valence-corrected chi connectivity index (χ0v) is 18.5. The number of hydrogen-bond donors (Lipinski definition) is 2. The Morgan fingerprint density at radius 2 is 1.77 bits per heavy atom. The largest absolute Gasteiger partial charge is 0.492 e. The van der Waals surface area contributed by atoms with E-state index >= 15 is 0 Å². The molecule has 0 saturated carbocycles. The highest BCUT2D eigenvalue weighted by atomic mass is 35.5. The topological polar surface area (TPSA) is 87.7 Å². The van der Waals surface area contributed by atoms with Crippen LogP contribution in [0.15, 0.2) is 48.5 Å². The third kappa shape index (κ3) is 5.17. The van der Waals surface area contributed by atoms with E-state index < -0.39 is 23.4 Å². The Labute approximate surface area is 186 Å². The van der Waals surface area contributed by atoms with Gasteiger partial charge in [-0.05, 0) is 48.2 Å². The highest BCUT2D eigenvalue weighted by Gasteiger charge is 2.49. The van der Waals surface area contributed by atoms with Gasteiger partial charge in [0, 0.05) is 5.02 Å². The zero-order chi connectivity index (χ0) is 22.6. The number of urea groups is 1. The van der Waals surface area contributed by atoms with Crippen molar-refractivity contribution in [1.82, 2.24) is 15.5 Å². The monoisotopic (exact) mass is 443 g/mol. The van der Waals surface area contributed by atoms with Gasteiger partial charge in [0.15, 0.2) is 0 Å². The number of ether oxygens (including phenoxy) is 1. The summed E-state index contributed by atoms with van der Waals surface area (Å²) >= 11 is 5.82. The lowest BCUT2D eigenvalue weighted by Crippen LogP contribution is -2.43. The molecule has 1 fully saturated rings. The summed E-state index contributed by atoms with van der Waals surface area (Å²) in [6, 6.07) is 13.9. The van der Waals surface area contributed by atoms with E-state index in [1.807, 2.05) is 24.3 Å². The molecule has 1 unspecified atom stereocenters. The molecule has 2 aromatic carbocycles. The summed E-state index contributed by atoms with van der Waals surface area (Å²) in [5.74, 6) is 0.0940.